The second kappa shape index (κ2) is 8.96. The van der Waals surface area contributed by atoms with E-state index in [1.807, 2.05) is 0 Å². The Morgan fingerprint density at radius 2 is 1.60 bits per heavy atom. The minimum Gasteiger partial charge on any atom is -0.452 e. The van der Waals surface area contributed by atoms with Crippen LogP contribution in [-0.2, 0) is 19.1 Å². The van der Waals surface area contributed by atoms with Gasteiger partial charge >= 0.3 is 5.97 Å². The van der Waals surface area contributed by atoms with Crippen LogP contribution in [0, 0.1) is 0 Å². The zero-order valence-corrected chi connectivity index (χ0v) is 13.7. The lowest BCUT2D eigenvalue weighted by molar-refractivity contribution is -0.223. The molecule has 1 heterocycles. The first kappa shape index (κ1) is 21.9. The van der Waals surface area contributed by atoms with Crippen LogP contribution >= 0.6 is 0 Å². The highest BCUT2D eigenvalue weighted by atomic mass is 16.6. The van der Waals surface area contributed by atoms with Crippen LogP contribution in [0.5, 0.6) is 0 Å². The third kappa shape index (κ3) is 4.92. The quantitative estimate of drug-likeness (QED) is 0.214. The molecule has 0 aromatic carbocycles. The molecule has 9 atom stereocenters. The van der Waals surface area contributed by atoms with Gasteiger partial charge in [0.1, 0.15) is 42.7 Å². The summed E-state index contributed by atoms with van der Waals surface area (Å²) in [6.45, 7) is 1.30. The fourth-order valence-electron chi connectivity index (χ4n) is 2.44. The molecule has 0 aromatic rings. The van der Waals surface area contributed by atoms with E-state index in [9.17, 15) is 40.2 Å². The third-order valence-corrected chi connectivity index (χ3v) is 3.95. The first-order valence-electron chi connectivity index (χ1n) is 7.58. The molecule has 0 amide bonds. The van der Waals surface area contributed by atoms with E-state index in [1.165, 1.54) is 6.92 Å². The van der Waals surface area contributed by atoms with E-state index in [0.29, 0.717) is 0 Å². The van der Waals surface area contributed by atoms with Crippen molar-refractivity contribution in [2.45, 2.75) is 68.8 Å². The van der Waals surface area contributed by atoms with Crippen molar-refractivity contribution in [3.05, 3.63) is 0 Å². The Morgan fingerprint density at radius 3 is 2.08 bits per heavy atom. The van der Waals surface area contributed by atoms with Crippen molar-refractivity contribution in [3.63, 3.8) is 0 Å². The molecule has 0 aromatic heterocycles. The SMILES string of the molecule is CC(=O)O[C@@H](C(=O)C1O[C@@H](C)[C@@H](O)[C@@H](O)[C@@H]1O)[C@@H](O)[C@@H](O)[C@H](O)CO. The molecule has 11 heteroatoms. The molecule has 0 radical (unpaired) electrons. The zero-order chi connectivity index (χ0) is 19.5. The summed E-state index contributed by atoms with van der Waals surface area (Å²) < 4.78 is 9.78. The highest BCUT2D eigenvalue weighted by Gasteiger charge is 2.49. The lowest BCUT2D eigenvalue weighted by Crippen LogP contribution is -2.62. The van der Waals surface area contributed by atoms with Crippen LogP contribution in [0.15, 0.2) is 0 Å². The number of carbonyl (C=O) groups excluding carboxylic acids is 2. The number of Topliss-reactive ketones (excluding diaryl/α,β-unsaturated/α-hetero) is 1. The number of aliphatic hydroxyl groups is 7. The van der Waals surface area contributed by atoms with Crippen LogP contribution in [0.4, 0.5) is 0 Å². The molecule has 0 saturated carbocycles. The van der Waals surface area contributed by atoms with Crippen molar-refractivity contribution in [2.24, 2.45) is 0 Å². The van der Waals surface area contributed by atoms with Gasteiger partial charge in [0.15, 0.2) is 6.10 Å². The lowest BCUT2D eigenvalue weighted by Gasteiger charge is -2.40. The Hall–Kier alpha value is -1.18. The molecule has 0 aliphatic carbocycles. The summed E-state index contributed by atoms with van der Waals surface area (Å²) in [5.74, 6) is -2.21. The van der Waals surface area contributed by atoms with Crippen molar-refractivity contribution >= 4 is 11.8 Å². The zero-order valence-electron chi connectivity index (χ0n) is 13.7. The summed E-state index contributed by atoms with van der Waals surface area (Å²) in [6.07, 6.45) is -16.0. The van der Waals surface area contributed by atoms with Gasteiger partial charge in [-0.05, 0) is 6.92 Å². The fourth-order valence-corrected chi connectivity index (χ4v) is 2.44. The monoisotopic (exact) mass is 368 g/mol. The van der Waals surface area contributed by atoms with E-state index >= 15 is 0 Å². The average Bonchev–Trinajstić information content (AvgIpc) is 2.58. The number of hydrogen-bond donors (Lipinski definition) is 7. The van der Waals surface area contributed by atoms with E-state index < -0.39 is 73.3 Å². The maximum atomic E-state index is 12.5. The predicted molar refractivity (Wildman–Crippen MR) is 78.0 cm³/mol. The largest absolute Gasteiger partial charge is 0.452 e. The molecule has 0 bridgehead atoms. The molecule has 1 saturated heterocycles. The second-order valence-corrected chi connectivity index (χ2v) is 5.90. The number of hydrogen-bond acceptors (Lipinski definition) is 11. The van der Waals surface area contributed by atoms with Gasteiger partial charge in [0.25, 0.3) is 0 Å². The van der Waals surface area contributed by atoms with Gasteiger partial charge in [-0.15, -0.1) is 0 Å². The van der Waals surface area contributed by atoms with Gasteiger partial charge in [0, 0.05) is 6.92 Å². The van der Waals surface area contributed by atoms with Gasteiger partial charge in [-0.1, -0.05) is 0 Å². The Kier molecular flexibility index (Phi) is 7.84. The van der Waals surface area contributed by atoms with Crippen LogP contribution < -0.4 is 0 Å². The highest BCUT2D eigenvalue weighted by Crippen LogP contribution is 2.24. The van der Waals surface area contributed by atoms with E-state index in [2.05, 4.69) is 4.74 Å². The molecule has 1 aliphatic rings. The van der Waals surface area contributed by atoms with Gasteiger partial charge in [0.05, 0.1) is 12.7 Å². The van der Waals surface area contributed by atoms with Crippen molar-refractivity contribution < 1.29 is 54.8 Å². The van der Waals surface area contributed by atoms with Crippen LogP contribution in [-0.4, -0.2) is 109 Å². The smallest absolute Gasteiger partial charge is 0.303 e. The molecule has 146 valence electrons. The van der Waals surface area contributed by atoms with E-state index in [-0.39, 0.29) is 0 Å². The Morgan fingerprint density at radius 1 is 1.04 bits per heavy atom. The van der Waals surface area contributed by atoms with Gasteiger partial charge in [0.2, 0.25) is 5.78 Å². The Bertz CT molecular complexity index is 470. The van der Waals surface area contributed by atoms with Crippen molar-refractivity contribution in [3.8, 4) is 0 Å². The minimum absolute atomic E-state index is 0.918. The Labute approximate surface area is 143 Å². The highest BCUT2D eigenvalue weighted by molar-refractivity contribution is 5.90. The summed E-state index contributed by atoms with van der Waals surface area (Å²) in [7, 11) is 0. The third-order valence-electron chi connectivity index (χ3n) is 3.95. The number of aliphatic hydroxyl groups excluding tert-OH is 7. The van der Waals surface area contributed by atoms with Crippen molar-refractivity contribution in [2.75, 3.05) is 6.61 Å². The topological polar surface area (TPSA) is 194 Å². The molecule has 1 unspecified atom stereocenters. The summed E-state index contributed by atoms with van der Waals surface area (Å²) >= 11 is 0. The molecule has 11 nitrogen and oxygen atoms in total. The fraction of sp³-hybridized carbons (Fsp3) is 0.857. The van der Waals surface area contributed by atoms with Gasteiger partial charge in [-0.2, -0.15) is 0 Å². The molecule has 1 rings (SSSR count). The second-order valence-electron chi connectivity index (χ2n) is 5.90. The Balaban J connectivity index is 3.05. The van der Waals surface area contributed by atoms with Gasteiger partial charge in [-0.3, -0.25) is 9.59 Å². The average molecular weight is 368 g/mol. The van der Waals surface area contributed by atoms with Crippen LogP contribution in [0.25, 0.3) is 0 Å². The first-order chi connectivity index (χ1) is 11.5. The number of rotatable bonds is 7. The number of ketones is 1. The molecule has 1 aliphatic heterocycles. The maximum Gasteiger partial charge on any atom is 0.303 e. The standard InChI is InChI=1S/C14H24O11/c1-4-7(18)9(20)11(22)13(24-4)12(23)14(25-5(2)16)10(21)8(19)6(17)3-15/h4,6-11,13-15,17-22H,3H2,1-2H3/t4-,6+,7+,8-,9+,10-,11-,13?,14+/m0/s1. The van der Waals surface area contributed by atoms with E-state index in [4.69, 9.17) is 9.84 Å². The normalized spacial score (nSPS) is 34.7. The van der Waals surface area contributed by atoms with E-state index in [1.54, 1.807) is 0 Å². The maximum absolute atomic E-state index is 12.5. The van der Waals surface area contributed by atoms with Crippen LogP contribution in [0.3, 0.4) is 0 Å². The first-order valence-corrected chi connectivity index (χ1v) is 7.58. The van der Waals surface area contributed by atoms with Crippen molar-refractivity contribution in [1.82, 2.24) is 0 Å². The molecule has 25 heavy (non-hydrogen) atoms. The molecular formula is C14H24O11. The molecular weight excluding hydrogens is 344 g/mol. The van der Waals surface area contributed by atoms with Gasteiger partial charge in [-0.25, -0.2) is 0 Å². The van der Waals surface area contributed by atoms with Gasteiger partial charge < -0.3 is 45.2 Å². The van der Waals surface area contributed by atoms with E-state index in [0.717, 1.165) is 6.92 Å². The molecule has 0 spiro atoms. The van der Waals surface area contributed by atoms with Crippen LogP contribution in [0.2, 0.25) is 0 Å². The number of esters is 1. The lowest BCUT2D eigenvalue weighted by atomic mass is 9.89. The number of carbonyl (C=O) groups is 2. The summed E-state index contributed by atoms with van der Waals surface area (Å²) in [5.41, 5.74) is 0. The summed E-state index contributed by atoms with van der Waals surface area (Å²) in [5, 5.41) is 67.2. The van der Waals surface area contributed by atoms with Crippen molar-refractivity contribution in [1.29, 1.82) is 0 Å². The summed E-state index contributed by atoms with van der Waals surface area (Å²) in [4.78, 5) is 23.7. The summed E-state index contributed by atoms with van der Waals surface area (Å²) in [6, 6.07) is 0. The number of ether oxygens (including phenoxy) is 2. The van der Waals surface area contributed by atoms with Crippen LogP contribution in [0.1, 0.15) is 13.8 Å². The predicted octanol–water partition coefficient (Wildman–Crippen LogP) is -4.57. The molecule has 1 fully saturated rings. The minimum atomic E-state index is -2.14. The molecule has 7 N–H and O–H groups in total.